The van der Waals surface area contributed by atoms with Crippen LogP contribution in [0.5, 0.6) is 5.75 Å². The van der Waals surface area contributed by atoms with Gasteiger partial charge in [0, 0.05) is 34.9 Å². The Bertz CT molecular complexity index is 1000. The van der Waals surface area contributed by atoms with E-state index in [1.54, 1.807) is 18.3 Å². The summed E-state index contributed by atoms with van der Waals surface area (Å²) in [5.74, 6) is 2.12. The quantitative estimate of drug-likeness (QED) is 0.379. The SMILES string of the molecule is N=Cc1cc(Nc2ccnc(-c3cccc(OC4CCNCC4)c3)n2)ccc1N. The van der Waals surface area contributed by atoms with Gasteiger partial charge in [-0.15, -0.1) is 0 Å². The molecule has 0 saturated carbocycles. The highest BCUT2D eigenvalue weighted by Crippen LogP contribution is 2.25. The fourth-order valence-electron chi connectivity index (χ4n) is 3.31. The van der Waals surface area contributed by atoms with Crippen LogP contribution in [-0.2, 0) is 0 Å². The summed E-state index contributed by atoms with van der Waals surface area (Å²) in [6.45, 7) is 1.98. The second-order valence-electron chi connectivity index (χ2n) is 6.97. The van der Waals surface area contributed by atoms with Crippen molar-refractivity contribution in [2.24, 2.45) is 0 Å². The van der Waals surface area contributed by atoms with Gasteiger partial charge in [-0.2, -0.15) is 0 Å². The van der Waals surface area contributed by atoms with Crippen LogP contribution in [0.2, 0.25) is 0 Å². The largest absolute Gasteiger partial charge is 0.490 e. The molecule has 0 aliphatic carbocycles. The van der Waals surface area contributed by atoms with E-state index < -0.39 is 0 Å². The molecule has 7 nitrogen and oxygen atoms in total. The molecule has 7 heteroatoms. The number of ether oxygens (including phenoxy) is 1. The minimum Gasteiger partial charge on any atom is -0.490 e. The average molecular weight is 388 g/mol. The maximum Gasteiger partial charge on any atom is 0.161 e. The average Bonchev–Trinajstić information content (AvgIpc) is 2.76. The van der Waals surface area contributed by atoms with Gasteiger partial charge < -0.3 is 26.5 Å². The Labute approximate surface area is 169 Å². The van der Waals surface area contributed by atoms with Crippen LogP contribution in [0.1, 0.15) is 18.4 Å². The number of anilines is 3. The molecule has 4 rings (SSSR count). The van der Waals surface area contributed by atoms with Gasteiger partial charge in [-0.1, -0.05) is 12.1 Å². The number of nitrogens with one attached hydrogen (secondary N) is 3. The third kappa shape index (κ3) is 4.70. The Kier molecular flexibility index (Phi) is 5.67. The lowest BCUT2D eigenvalue weighted by atomic mass is 10.1. The summed E-state index contributed by atoms with van der Waals surface area (Å²) in [6.07, 6.45) is 5.23. The smallest absolute Gasteiger partial charge is 0.161 e. The van der Waals surface area contributed by atoms with Gasteiger partial charge in [0.25, 0.3) is 0 Å². The Morgan fingerprint density at radius 3 is 2.83 bits per heavy atom. The van der Waals surface area contributed by atoms with Crippen LogP contribution in [0, 0.1) is 5.41 Å². The minimum absolute atomic E-state index is 0.244. The molecule has 1 saturated heterocycles. The number of benzene rings is 2. The summed E-state index contributed by atoms with van der Waals surface area (Å²) in [7, 11) is 0. The van der Waals surface area contributed by atoms with Gasteiger partial charge >= 0.3 is 0 Å². The zero-order chi connectivity index (χ0) is 20.1. The topological polar surface area (TPSA) is 109 Å². The van der Waals surface area contributed by atoms with Crippen molar-refractivity contribution >= 4 is 23.4 Å². The van der Waals surface area contributed by atoms with Gasteiger partial charge in [0.15, 0.2) is 5.82 Å². The fourth-order valence-corrected chi connectivity index (χ4v) is 3.31. The first kappa shape index (κ1) is 18.9. The minimum atomic E-state index is 0.244. The molecular weight excluding hydrogens is 364 g/mol. The van der Waals surface area contributed by atoms with Crippen molar-refractivity contribution in [2.45, 2.75) is 18.9 Å². The molecule has 1 fully saturated rings. The van der Waals surface area contributed by atoms with E-state index in [1.807, 2.05) is 36.4 Å². The Hall–Kier alpha value is -3.45. The normalized spacial score (nSPS) is 14.3. The van der Waals surface area contributed by atoms with Crippen LogP contribution in [0.4, 0.5) is 17.2 Å². The lowest BCUT2D eigenvalue weighted by molar-refractivity contribution is 0.162. The molecule has 0 spiro atoms. The van der Waals surface area contributed by atoms with Crippen LogP contribution in [-0.4, -0.2) is 35.4 Å². The molecule has 1 aromatic heterocycles. The standard InChI is InChI=1S/C22H24N6O/c23-14-16-12-17(4-5-20(16)24)27-21-8-11-26-22(28-21)15-2-1-3-19(13-15)29-18-6-9-25-10-7-18/h1-5,8,11-14,18,23,25H,6-7,9-10,24H2,(H,26,27,28). The first-order valence-electron chi connectivity index (χ1n) is 9.69. The maximum atomic E-state index is 7.45. The zero-order valence-electron chi connectivity index (χ0n) is 16.1. The maximum absolute atomic E-state index is 7.45. The summed E-state index contributed by atoms with van der Waals surface area (Å²) < 4.78 is 6.14. The molecule has 1 aliphatic heterocycles. The molecule has 2 heterocycles. The highest BCUT2D eigenvalue weighted by molar-refractivity contribution is 5.87. The molecular formula is C22H24N6O. The number of hydrogen-bond donors (Lipinski definition) is 4. The number of nitrogens with two attached hydrogens (primary N) is 1. The summed E-state index contributed by atoms with van der Waals surface area (Å²) >= 11 is 0. The van der Waals surface area contributed by atoms with Gasteiger partial charge in [0.05, 0.1) is 0 Å². The highest BCUT2D eigenvalue weighted by Gasteiger charge is 2.15. The van der Waals surface area contributed by atoms with E-state index in [1.165, 1.54) is 6.21 Å². The number of aromatic nitrogens is 2. The zero-order valence-corrected chi connectivity index (χ0v) is 16.1. The van der Waals surface area contributed by atoms with Crippen LogP contribution in [0.25, 0.3) is 11.4 Å². The number of piperidine rings is 1. The summed E-state index contributed by atoms with van der Waals surface area (Å²) in [5, 5.41) is 14.0. The number of nitrogens with zero attached hydrogens (tertiary/aromatic N) is 2. The summed E-state index contributed by atoms with van der Waals surface area (Å²) in [4.78, 5) is 9.04. The van der Waals surface area contributed by atoms with Crippen LogP contribution >= 0.6 is 0 Å². The molecule has 2 aromatic carbocycles. The predicted molar refractivity (Wildman–Crippen MR) is 116 cm³/mol. The molecule has 0 amide bonds. The lowest BCUT2D eigenvalue weighted by Crippen LogP contribution is -2.34. The number of nitrogen functional groups attached to an aromatic ring is 1. The van der Waals surface area contributed by atoms with E-state index in [0.29, 0.717) is 22.9 Å². The molecule has 0 unspecified atom stereocenters. The predicted octanol–water partition coefficient (Wildman–Crippen LogP) is 3.60. The molecule has 1 aliphatic rings. The van der Waals surface area contributed by atoms with Crippen molar-refractivity contribution in [3.8, 4) is 17.1 Å². The van der Waals surface area contributed by atoms with E-state index in [0.717, 1.165) is 42.9 Å². The summed E-state index contributed by atoms with van der Waals surface area (Å²) in [5.41, 5.74) is 8.79. The molecule has 3 aromatic rings. The summed E-state index contributed by atoms with van der Waals surface area (Å²) in [6, 6.07) is 15.1. The third-order valence-electron chi connectivity index (χ3n) is 4.85. The molecule has 0 bridgehead atoms. The Morgan fingerprint density at radius 2 is 2.00 bits per heavy atom. The first-order valence-corrected chi connectivity index (χ1v) is 9.69. The highest BCUT2D eigenvalue weighted by atomic mass is 16.5. The van der Waals surface area contributed by atoms with Crippen LogP contribution < -0.4 is 21.1 Å². The molecule has 0 radical (unpaired) electrons. The van der Waals surface area contributed by atoms with E-state index in [-0.39, 0.29) is 6.10 Å². The van der Waals surface area contributed by atoms with Crippen LogP contribution in [0.15, 0.2) is 54.7 Å². The van der Waals surface area contributed by atoms with Crippen molar-refractivity contribution in [2.75, 3.05) is 24.1 Å². The number of hydrogen-bond acceptors (Lipinski definition) is 7. The second-order valence-corrected chi connectivity index (χ2v) is 6.97. The van der Waals surface area contributed by atoms with Crippen molar-refractivity contribution in [3.63, 3.8) is 0 Å². The van der Waals surface area contributed by atoms with E-state index in [2.05, 4.69) is 20.6 Å². The second kappa shape index (κ2) is 8.70. The molecule has 0 atom stereocenters. The Balaban J connectivity index is 1.52. The molecule has 148 valence electrons. The van der Waals surface area contributed by atoms with Crippen molar-refractivity contribution in [1.82, 2.24) is 15.3 Å². The van der Waals surface area contributed by atoms with Crippen molar-refractivity contribution in [1.29, 1.82) is 5.41 Å². The van der Waals surface area contributed by atoms with Gasteiger partial charge in [-0.25, -0.2) is 9.97 Å². The van der Waals surface area contributed by atoms with Gasteiger partial charge in [0.2, 0.25) is 0 Å². The van der Waals surface area contributed by atoms with E-state index >= 15 is 0 Å². The molecule has 5 N–H and O–H groups in total. The van der Waals surface area contributed by atoms with Gasteiger partial charge in [-0.05, 0) is 62.3 Å². The third-order valence-corrected chi connectivity index (χ3v) is 4.85. The van der Waals surface area contributed by atoms with Crippen LogP contribution in [0.3, 0.4) is 0 Å². The Morgan fingerprint density at radius 1 is 1.14 bits per heavy atom. The first-order chi connectivity index (χ1) is 14.2. The lowest BCUT2D eigenvalue weighted by Gasteiger charge is -2.24. The van der Waals surface area contributed by atoms with Crippen molar-refractivity contribution in [3.05, 3.63) is 60.3 Å². The van der Waals surface area contributed by atoms with Gasteiger partial charge in [-0.3, -0.25) is 0 Å². The fraction of sp³-hybridized carbons (Fsp3) is 0.227. The van der Waals surface area contributed by atoms with E-state index in [4.69, 9.17) is 15.9 Å². The monoisotopic (exact) mass is 388 g/mol. The van der Waals surface area contributed by atoms with Gasteiger partial charge in [0.1, 0.15) is 17.7 Å². The van der Waals surface area contributed by atoms with E-state index in [9.17, 15) is 0 Å². The van der Waals surface area contributed by atoms with Crippen molar-refractivity contribution < 1.29 is 4.74 Å². The molecule has 29 heavy (non-hydrogen) atoms. The number of rotatable bonds is 6.